The van der Waals surface area contributed by atoms with E-state index in [0.29, 0.717) is 12.2 Å². The molecule has 0 saturated heterocycles. The SMILES string of the molecule is C[C@@H](Cn1cncn1)Nc1ccc(C(F)(F)F)c(C#N)c1. The molecular weight excluding hydrogens is 283 g/mol. The summed E-state index contributed by atoms with van der Waals surface area (Å²) in [6.45, 7) is 2.36. The van der Waals surface area contributed by atoms with Gasteiger partial charge in [-0.3, -0.25) is 4.68 Å². The van der Waals surface area contributed by atoms with E-state index in [1.54, 1.807) is 17.1 Å². The van der Waals surface area contributed by atoms with E-state index in [0.717, 1.165) is 6.07 Å². The number of aromatic nitrogens is 3. The molecule has 1 heterocycles. The minimum absolute atomic E-state index is 0.0880. The fourth-order valence-corrected chi connectivity index (χ4v) is 1.91. The molecule has 0 amide bonds. The number of hydrogen-bond donors (Lipinski definition) is 1. The summed E-state index contributed by atoms with van der Waals surface area (Å²) in [5, 5.41) is 15.8. The molecule has 0 unspecified atom stereocenters. The highest BCUT2D eigenvalue weighted by molar-refractivity contribution is 5.54. The van der Waals surface area contributed by atoms with Crippen LogP contribution in [0.25, 0.3) is 0 Å². The number of hydrogen-bond acceptors (Lipinski definition) is 4. The lowest BCUT2D eigenvalue weighted by molar-refractivity contribution is -0.137. The first kappa shape index (κ1) is 14.8. The standard InChI is InChI=1S/C13H12F3N5/c1-9(6-21-8-18-7-19-21)20-11-2-3-12(13(14,15)16)10(4-11)5-17/h2-4,7-9,20H,6H2,1H3/t9-/m0/s1. The zero-order valence-corrected chi connectivity index (χ0v) is 11.1. The predicted molar refractivity (Wildman–Crippen MR) is 69.3 cm³/mol. The molecule has 0 aliphatic heterocycles. The van der Waals surface area contributed by atoms with Crippen molar-refractivity contribution < 1.29 is 13.2 Å². The molecule has 1 aromatic carbocycles. The third-order valence-corrected chi connectivity index (χ3v) is 2.79. The summed E-state index contributed by atoms with van der Waals surface area (Å²) in [7, 11) is 0. The Morgan fingerprint density at radius 1 is 1.43 bits per heavy atom. The molecule has 0 aliphatic rings. The van der Waals surface area contributed by atoms with E-state index in [1.165, 1.54) is 18.5 Å². The van der Waals surface area contributed by atoms with E-state index in [1.807, 2.05) is 6.92 Å². The number of nitrogens with zero attached hydrogens (tertiary/aromatic N) is 4. The third kappa shape index (κ3) is 3.72. The number of nitriles is 1. The minimum Gasteiger partial charge on any atom is -0.381 e. The van der Waals surface area contributed by atoms with Gasteiger partial charge in [-0.2, -0.15) is 23.5 Å². The van der Waals surface area contributed by atoms with Gasteiger partial charge in [0.05, 0.1) is 23.7 Å². The number of rotatable bonds is 4. The van der Waals surface area contributed by atoms with Gasteiger partial charge in [0.2, 0.25) is 0 Å². The normalized spacial score (nSPS) is 12.7. The van der Waals surface area contributed by atoms with Crippen LogP contribution < -0.4 is 5.32 Å². The summed E-state index contributed by atoms with van der Waals surface area (Å²) in [4.78, 5) is 3.80. The summed E-state index contributed by atoms with van der Waals surface area (Å²) in [5.41, 5.74) is -0.882. The molecule has 1 aromatic heterocycles. The lowest BCUT2D eigenvalue weighted by Gasteiger charge is -2.16. The Bertz CT molecular complexity index is 643. The highest BCUT2D eigenvalue weighted by Crippen LogP contribution is 2.33. The Labute approximate surface area is 119 Å². The van der Waals surface area contributed by atoms with Crippen LogP contribution in [0.4, 0.5) is 18.9 Å². The summed E-state index contributed by atoms with van der Waals surface area (Å²) in [6, 6.07) is 4.89. The lowest BCUT2D eigenvalue weighted by Crippen LogP contribution is -2.22. The van der Waals surface area contributed by atoms with Gasteiger partial charge in [-0.25, -0.2) is 4.98 Å². The van der Waals surface area contributed by atoms with E-state index in [-0.39, 0.29) is 6.04 Å². The number of anilines is 1. The Kier molecular flexibility index (Phi) is 4.12. The van der Waals surface area contributed by atoms with Gasteiger partial charge in [-0.05, 0) is 25.1 Å². The van der Waals surface area contributed by atoms with E-state index in [2.05, 4.69) is 15.4 Å². The van der Waals surface area contributed by atoms with Crippen LogP contribution in [0, 0.1) is 11.3 Å². The van der Waals surface area contributed by atoms with Crippen LogP contribution in [0.15, 0.2) is 30.9 Å². The van der Waals surface area contributed by atoms with Crippen LogP contribution >= 0.6 is 0 Å². The summed E-state index contributed by atoms with van der Waals surface area (Å²) >= 11 is 0. The highest BCUT2D eigenvalue weighted by atomic mass is 19.4. The molecule has 110 valence electrons. The number of nitrogens with one attached hydrogen (secondary N) is 1. The highest BCUT2D eigenvalue weighted by Gasteiger charge is 2.33. The van der Waals surface area contributed by atoms with Crippen molar-refractivity contribution in [2.75, 3.05) is 5.32 Å². The average Bonchev–Trinajstić information content (AvgIpc) is 2.89. The zero-order chi connectivity index (χ0) is 15.5. The quantitative estimate of drug-likeness (QED) is 0.941. The van der Waals surface area contributed by atoms with Crippen molar-refractivity contribution in [2.45, 2.75) is 25.7 Å². The Balaban J connectivity index is 2.13. The molecule has 5 nitrogen and oxygen atoms in total. The minimum atomic E-state index is -4.53. The Morgan fingerprint density at radius 3 is 2.76 bits per heavy atom. The second kappa shape index (κ2) is 5.83. The molecule has 21 heavy (non-hydrogen) atoms. The largest absolute Gasteiger partial charge is 0.417 e. The predicted octanol–water partition coefficient (Wildman–Crippen LogP) is 2.67. The first-order valence-corrected chi connectivity index (χ1v) is 6.10. The molecule has 0 spiro atoms. The van der Waals surface area contributed by atoms with Crippen LogP contribution in [0.1, 0.15) is 18.1 Å². The van der Waals surface area contributed by atoms with E-state index >= 15 is 0 Å². The van der Waals surface area contributed by atoms with Crippen LogP contribution in [0.5, 0.6) is 0 Å². The van der Waals surface area contributed by atoms with Gasteiger partial charge in [-0.15, -0.1) is 0 Å². The maximum atomic E-state index is 12.7. The topological polar surface area (TPSA) is 66.5 Å². The molecule has 8 heteroatoms. The average molecular weight is 295 g/mol. The molecule has 1 atom stereocenters. The molecule has 0 fully saturated rings. The zero-order valence-electron chi connectivity index (χ0n) is 11.1. The molecule has 0 aliphatic carbocycles. The van der Waals surface area contributed by atoms with Crippen molar-refractivity contribution in [2.24, 2.45) is 0 Å². The van der Waals surface area contributed by atoms with E-state index in [4.69, 9.17) is 5.26 Å². The van der Waals surface area contributed by atoms with Crippen molar-refractivity contribution >= 4 is 5.69 Å². The summed E-state index contributed by atoms with van der Waals surface area (Å²) in [5.74, 6) is 0. The molecule has 0 bridgehead atoms. The van der Waals surface area contributed by atoms with Crippen LogP contribution in [0.2, 0.25) is 0 Å². The van der Waals surface area contributed by atoms with Gasteiger partial charge < -0.3 is 5.32 Å². The van der Waals surface area contributed by atoms with Gasteiger partial charge in [-0.1, -0.05) is 0 Å². The van der Waals surface area contributed by atoms with Crippen LogP contribution in [-0.4, -0.2) is 20.8 Å². The van der Waals surface area contributed by atoms with Crippen molar-refractivity contribution in [3.8, 4) is 6.07 Å². The number of benzene rings is 1. The third-order valence-electron chi connectivity index (χ3n) is 2.79. The first-order chi connectivity index (χ1) is 9.90. The van der Waals surface area contributed by atoms with Crippen molar-refractivity contribution in [3.05, 3.63) is 42.0 Å². The lowest BCUT2D eigenvalue weighted by atomic mass is 10.1. The molecule has 2 rings (SSSR count). The molecular formula is C13H12F3N5. The summed E-state index contributed by atoms with van der Waals surface area (Å²) < 4.78 is 39.7. The van der Waals surface area contributed by atoms with E-state index < -0.39 is 17.3 Å². The smallest absolute Gasteiger partial charge is 0.381 e. The maximum Gasteiger partial charge on any atom is 0.417 e. The number of halogens is 3. The van der Waals surface area contributed by atoms with Crippen molar-refractivity contribution in [1.82, 2.24) is 14.8 Å². The van der Waals surface area contributed by atoms with E-state index in [9.17, 15) is 13.2 Å². The first-order valence-electron chi connectivity index (χ1n) is 6.10. The van der Waals surface area contributed by atoms with Crippen LogP contribution in [0.3, 0.4) is 0 Å². The second-order valence-electron chi connectivity index (χ2n) is 4.53. The Hall–Kier alpha value is -2.56. The Morgan fingerprint density at radius 2 is 2.19 bits per heavy atom. The van der Waals surface area contributed by atoms with Crippen molar-refractivity contribution in [1.29, 1.82) is 5.26 Å². The van der Waals surface area contributed by atoms with Gasteiger partial charge in [0.1, 0.15) is 12.7 Å². The molecule has 2 aromatic rings. The fraction of sp³-hybridized carbons (Fsp3) is 0.308. The van der Waals surface area contributed by atoms with Crippen LogP contribution in [-0.2, 0) is 12.7 Å². The van der Waals surface area contributed by atoms with Crippen molar-refractivity contribution in [3.63, 3.8) is 0 Å². The number of alkyl halides is 3. The van der Waals surface area contributed by atoms with Gasteiger partial charge in [0.25, 0.3) is 0 Å². The molecule has 0 radical (unpaired) electrons. The fourth-order valence-electron chi connectivity index (χ4n) is 1.91. The van der Waals surface area contributed by atoms with Gasteiger partial charge in [0.15, 0.2) is 0 Å². The molecule has 0 saturated carbocycles. The second-order valence-corrected chi connectivity index (χ2v) is 4.53. The van der Waals surface area contributed by atoms with Gasteiger partial charge in [0, 0.05) is 11.7 Å². The summed E-state index contributed by atoms with van der Waals surface area (Å²) in [6.07, 6.45) is -1.58. The molecule has 1 N–H and O–H groups in total. The maximum absolute atomic E-state index is 12.7. The van der Waals surface area contributed by atoms with Gasteiger partial charge >= 0.3 is 6.18 Å². The monoisotopic (exact) mass is 295 g/mol.